The zero-order chi connectivity index (χ0) is 31.0. The van der Waals surface area contributed by atoms with E-state index in [9.17, 15) is 9.59 Å². The Kier molecular flexibility index (Phi) is 8.40. The second kappa shape index (κ2) is 12.0. The highest BCUT2D eigenvalue weighted by molar-refractivity contribution is 6.50. The minimum Gasteiger partial charge on any atom is -0.350 e. The Balaban J connectivity index is 1.83. The highest BCUT2D eigenvalue weighted by Crippen LogP contribution is 2.35. The Morgan fingerprint density at radius 1 is 1.12 bits per heavy atom. The lowest BCUT2D eigenvalue weighted by Crippen LogP contribution is -2.54. The molecule has 0 unspecified atom stereocenters. The predicted octanol–water partition coefficient (Wildman–Crippen LogP) is 4.88. The van der Waals surface area contributed by atoms with Crippen molar-refractivity contribution in [2.24, 2.45) is 0 Å². The molecular formula is C33H32B2FN5O2. The third kappa shape index (κ3) is 5.66. The van der Waals surface area contributed by atoms with Gasteiger partial charge in [-0.25, -0.2) is 18.7 Å². The maximum absolute atomic E-state index is 16.2. The van der Waals surface area contributed by atoms with Crippen LogP contribution in [-0.4, -0.2) is 66.7 Å². The zero-order valence-electron chi connectivity index (χ0n) is 24.8. The van der Waals surface area contributed by atoms with Crippen LogP contribution in [0.5, 0.6) is 0 Å². The summed E-state index contributed by atoms with van der Waals surface area (Å²) in [5.74, 6) is -0.334. The molecule has 1 aliphatic rings. The van der Waals surface area contributed by atoms with Crippen molar-refractivity contribution in [2.75, 3.05) is 24.5 Å². The van der Waals surface area contributed by atoms with E-state index >= 15 is 4.39 Å². The highest BCUT2D eigenvalue weighted by atomic mass is 19.1. The van der Waals surface area contributed by atoms with Gasteiger partial charge >= 0.3 is 5.69 Å². The molecule has 2 aromatic carbocycles. The summed E-state index contributed by atoms with van der Waals surface area (Å²) in [7, 11) is 11.5. The largest absolute Gasteiger partial charge is 0.355 e. The van der Waals surface area contributed by atoms with E-state index in [0.717, 1.165) is 11.1 Å². The second-order valence-corrected chi connectivity index (χ2v) is 11.2. The number of pyridine rings is 1. The first kappa shape index (κ1) is 30.0. The normalized spacial score (nSPS) is 15.2. The van der Waals surface area contributed by atoms with Gasteiger partial charge in [-0.3, -0.25) is 4.79 Å². The van der Waals surface area contributed by atoms with Gasteiger partial charge in [0.15, 0.2) is 5.65 Å². The quantitative estimate of drug-likeness (QED) is 0.244. The summed E-state index contributed by atoms with van der Waals surface area (Å²) in [4.78, 5) is 39.4. The first-order chi connectivity index (χ1) is 20.5. The van der Waals surface area contributed by atoms with Crippen LogP contribution in [0.4, 0.5) is 10.2 Å². The number of amides is 1. The van der Waals surface area contributed by atoms with E-state index in [1.54, 1.807) is 35.2 Å². The summed E-state index contributed by atoms with van der Waals surface area (Å²) in [6, 6.07) is 14.1. The minimum absolute atomic E-state index is 0.0556. The minimum atomic E-state index is -0.584. The van der Waals surface area contributed by atoms with Crippen molar-refractivity contribution < 1.29 is 9.18 Å². The molecule has 1 aliphatic heterocycles. The van der Waals surface area contributed by atoms with Crippen molar-refractivity contribution in [2.45, 2.75) is 39.7 Å². The molecule has 1 fully saturated rings. The summed E-state index contributed by atoms with van der Waals surface area (Å²) in [6.07, 6.45) is 2.84. The number of anilines is 1. The van der Waals surface area contributed by atoms with Crippen molar-refractivity contribution >= 4 is 44.5 Å². The van der Waals surface area contributed by atoms with Crippen LogP contribution in [-0.2, 0) is 4.79 Å². The molecule has 4 radical (unpaired) electrons. The molecule has 1 saturated heterocycles. The van der Waals surface area contributed by atoms with E-state index in [1.807, 2.05) is 36.9 Å². The SMILES string of the molecule is [B]C([B])=Cc1ccccc1-c1nc2c(cc1F)c(N1CCN(C(=O)C=C)C[C@@H]1C)nc(=O)n2-c1c(C)cccc1C(C)C. The highest BCUT2D eigenvalue weighted by Gasteiger charge is 2.30. The molecule has 0 saturated carbocycles. The van der Waals surface area contributed by atoms with Gasteiger partial charge in [-0.2, -0.15) is 10.4 Å². The molecule has 0 bridgehead atoms. The molecule has 4 aromatic rings. The van der Waals surface area contributed by atoms with E-state index in [1.165, 1.54) is 16.7 Å². The van der Waals surface area contributed by atoms with Gasteiger partial charge in [0.25, 0.3) is 0 Å². The van der Waals surface area contributed by atoms with Gasteiger partial charge in [0, 0.05) is 31.2 Å². The van der Waals surface area contributed by atoms with E-state index in [4.69, 9.17) is 20.7 Å². The molecule has 1 amide bonds. The first-order valence-corrected chi connectivity index (χ1v) is 14.2. The molecule has 10 heteroatoms. The lowest BCUT2D eigenvalue weighted by Gasteiger charge is -2.40. The van der Waals surface area contributed by atoms with Crippen LogP contribution in [0.2, 0.25) is 0 Å². The summed E-state index contributed by atoms with van der Waals surface area (Å²) in [5.41, 5.74) is 3.35. The molecule has 7 nitrogen and oxygen atoms in total. The van der Waals surface area contributed by atoms with Crippen molar-refractivity contribution in [3.05, 3.63) is 99.5 Å². The van der Waals surface area contributed by atoms with Crippen LogP contribution in [0, 0.1) is 12.7 Å². The number of aromatic nitrogens is 3. The number of para-hydroxylation sites is 1. The Bertz CT molecular complexity index is 1830. The smallest absolute Gasteiger partial charge is 0.350 e. The Morgan fingerprint density at radius 3 is 2.53 bits per heavy atom. The number of benzene rings is 2. The lowest BCUT2D eigenvalue weighted by molar-refractivity contribution is -0.126. The summed E-state index contributed by atoms with van der Waals surface area (Å²) in [6.45, 7) is 12.8. The molecule has 5 rings (SSSR count). The van der Waals surface area contributed by atoms with Crippen LogP contribution >= 0.6 is 0 Å². The third-order valence-corrected chi connectivity index (χ3v) is 7.84. The van der Waals surface area contributed by atoms with Crippen molar-refractivity contribution in [1.82, 2.24) is 19.4 Å². The molecule has 0 spiro atoms. The van der Waals surface area contributed by atoms with Crippen molar-refractivity contribution in [3.8, 4) is 16.9 Å². The van der Waals surface area contributed by atoms with E-state index in [-0.39, 0.29) is 34.6 Å². The fourth-order valence-electron chi connectivity index (χ4n) is 5.79. The molecule has 3 heterocycles. The van der Waals surface area contributed by atoms with Gasteiger partial charge in [-0.15, -0.1) is 0 Å². The number of rotatable bonds is 6. The first-order valence-electron chi connectivity index (χ1n) is 14.2. The van der Waals surface area contributed by atoms with Gasteiger partial charge in [-0.1, -0.05) is 69.0 Å². The summed E-state index contributed by atoms with van der Waals surface area (Å²) < 4.78 is 17.6. The lowest BCUT2D eigenvalue weighted by atomic mass is 9.77. The Labute approximate surface area is 253 Å². The van der Waals surface area contributed by atoms with Crippen LogP contribution in [0.25, 0.3) is 34.1 Å². The number of carbonyl (C=O) groups is 1. The molecule has 0 aliphatic carbocycles. The summed E-state index contributed by atoms with van der Waals surface area (Å²) >= 11 is 0. The maximum atomic E-state index is 16.2. The Morgan fingerprint density at radius 2 is 1.86 bits per heavy atom. The van der Waals surface area contributed by atoms with Gasteiger partial charge in [0.1, 0.15) is 17.3 Å². The number of halogens is 1. The van der Waals surface area contributed by atoms with Crippen LogP contribution in [0.3, 0.4) is 0 Å². The second-order valence-electron chi connectivity index (χ2n) is 11.2. The van der Waals surface area contributed by atoms with Gasteiger partial charge in [0.2, 0.25) is 5.91 Å². The standard InChI is InChI=1S/C33H32B2FN5O2/c1-6-28(42)39-14-15-40(21(5)18-39)31-25-17-26(36)29(24-12-8-7-11-22(24)16-27(34)35)37-32(25)41(33(43)38-31)30-20(4)10-9-13-23(30)19(2)3/h6-13,16-17,19,21H,1,14-15,18H2,2-5H3/t21-/m0/s1. The number of carbonyl (C=O) groups excluding carboxylic acids is 1. The zero-order valence-corrected chi connectivity index (χ0v) is 24.8. The van der Waals surface area contributed by atoms with E-state index in [2.05, 4.69) is 25.4 Å². The molecule has 1 atom stereocenters. The van der Waals surface area contributed by atoms with Gasteiger partial charge < -0.3 is 9.80 Å². The molecule has 2 aromatic heterocycles. The number of fused-ring (bicyclic) bond motifs is 1. The van der Waals surface area contributed by atoms with Crippen molar-refractivity contribution in [3.63, 3.8) is 0 Å². The summed E-state index contributed by atoms with van der Waals surface area (Å²) in [5, 5.41) is 0.460. The van der Waals surface area contributed by atoms with Crippen LogP contribution < -0.4 is 10.6 Å². The monoisotopic (exact) mass is 571 g/mol. The average molecular weight is 571 g/mol. The number of aryl methyl sites for hydroxylation is 1. The topological polar surface area (TPSA) is 71.3 Å². The molecule has 0 N–H and O–H groups in total. The van der Waals surface area contributed by atoms with Crippen molar-refractivity contribution in [1.29, 1.82) is 0 Å². The molecule has 43 heavy (non-hydrogen) atoms. The molecule has 214 valence electrons. The van der Waals surface area contributed by atoms with E-state index < -0.39 is 11.5 Å². The Hall–Kier alpha value is -4.46. The number of piperazine rings is 1. The molecular weight excluding hydrogens is 539 g/mol. The average Bonchev–Trinajstić information content (AvgIpc) is 2.96. The van der Waals surface area contributed by atoms with Gasteiger partial charge in [0.05, 0.1) is 26.8 Å². The maximum Gasteiger partial charge on any atom is 0.355 e. The number of hydrogen-bond donors (Lipinski definition) is 0. The van der Waals surface area contributed by atoms with E-state index in [0.29, 0.717) is 47.7 Å². The number of nitrogens with zero attached hydrogens (tertiary/aromatic N) is 5. The van der Waals surface area contributed by atoms with Gasteiger partial charge in [-0.05, 0) is 48.6 Å². The third-order valence-electron chi connectivity index (χ3n) is 7.84. The van der Waals surface area contributed by atoms with Crippen LogP contribution in [0.15, 0.2) is 71.4 Å². The number of hydrogen-bond acceptors (Lipinski definition) is 5. The fourth-order valence-corrected chi connectivity index (χ4v) is 5.79. The van der Waals surface area contributed by atoms with Crippen LogP contribution in [0.1, 0.15) is 43.4 Å². The fraction of sp³-hybridized carbons (Fsp3) is 0.273. The predicted molar refractivity (Wildman–Crippen MR) is 172 cm³/mol.